The topological polar surface area (TPSA) is 32.3 Å². The number of hydrogen-bond donors (Lipinski definition) is 1. The van der Waals surface area contributed by atoms with Crippen molar-refractivity contribution in [2.45, 2.75) is 25.4 Å². The zero-order valence-electron chi connectivity index (χ0n) is 14.2. The molecule has 3 rings (SSSR count). The summed E-state index contributed by atoms with van der Waals surface area (Å²) in [6.45, 7) is 2.76. The van der Waals surface area contributed by atoms with Gasteiger partial charge >= 0.3 is 0 Å². The van der Waals surface area contributed by atoms with Crippen LogP contribution in [0.5, 0.6) is 0 Å². The summed E-state index contributed by atoms with van der Waals surface area (Å²) < 4.78 is 0. The highest BCUT2D eigenvalue weighted by Crippen LogP contribution is 2.16. The molecule has 1 fully saturated rings. The number of nitrogens with zero attached hydrogens (tertiary/aromatic N) is 1. The average Bonchev–Trinajstić information content (AvgIpc) is 3.02. The normalized spacial score (nSPS) is 17.9. The van der Waals surface area contributed by atoms with Gasteiger partial charge in [0.05, 0.1) is 0 Å². The van der Waals surface area contributed by atoms with Crippen LogP contribution in [0, 0.1) is 0 Å². The van der Waals surface area contributed by atoms with E-state index in [9.17, 15) is 4.79 Å². The molecule has 2 aromatic rings. The Morgan fingerprint density at radius 2 is 2.04 bits per heavy atom. The van der Waals surface area contributed by atoms with E-state index in [2.05, 4.69) is 16.3 Å². The summed E-state index contributed by atoms with van der Waals surface area (Å²) in [6, 6.07) is 18.2. The van der Waals surface area contributed by atoms with Gasteiger partial charge in [0.1, 0.15) is 0 Å². The first-order valence-electron chi connectivity index (χ1n) is 8.67. The van der Waals surface area contributed by atoms with E-state index in [1.54, 1.807) is 0 Å². The highest BCUT2D eigenvalue weighted by atomic mass is 35.5. The Hall–Kier alpha value is -2.10. The van der Waals surface area contributed by atoms with Crippen LogP contribution in [-0.2, 0) is 11.3 Å². The van der Waals surface area contributed by atoms with E-state index < -0.39 is 0 Å². The third-order valence-corrected chi connectivity index (χ3v) is 4.58. The number of carbonyl (C=O) groups is 1. The quantitative estimate of drug-likeness (QED) is 0.845. The summed E-state index contributed by atoms with van der Waals surface area (Å²) >= 11 is 6.04. The number of hydrogen-bond acceptors (Lipinski definition) is 2. The molecule has 3 nitrogen and oxygen atoms in total. The van der Waals surface area contributed by atoms with Crippen LogP contribution in [-0.4, -0.2) is 29.9 Å². The Morgan fingerprint density at radius 3 is 2.84 bits per heavy atom. The second kappa shape index (κ2) is 8.84. The van der Waals surface area contributed by atoms with Gasteiger partial charge in [0.25, 0.3) is 0 Å². The minimum atomic E-state index is 0.0850. The van der Waals surface area contributed by atoms with Gasteiger partial charge in [0, 0.05) is 37.1 Å². The smallest absolute Gasteiger partial charge is 0.224 e. The number of benzene rings is 2. The van der Waals surface area contributed by atoms with Crippen LogP contribution >= 0.6 is 11.6 Å². The summed E-state index contributed by atoms with van der Waals surface area (Å²) in [7, 11) is 0. The lowest BCUT2D eigenvalue weighted by Gasteiger charge is -2.16. The largest absolute Gasteiger partial charge is 0.352 e. The highest BCUT2D eigenvalue weighted by molar-refractivity contribution is 6.30. The molecule has 0 aromatic heterocycles. The molecule has 25 heavy (non-hydrogen) atoms. The number of halogens is 1. The molecule has 1 amide bonds. The lowest BCUT2D eigenvalue weighted by atomic mass is 10.2. The number of likely N-dealkylation sites (tertiary alicyclic amines) is 1. The molecule has 0 spiro atoms. The molecule has 1 N–H and O–H groups in total. The van der Waals surface area contributed by atoms with Crippen LogP contribution in [0.3, 0.4) is 0 Å². The second-order valence-electron chi connectivity index (χ2n) is 6.44. The maximum Gasteiger partial charge on any atom is 0.224 e. The Balaban J connectivity index is 1.41. The van der Waals surface area contributed by atoms with Gasteiger partial charge in [0.2, 0.25) is 5.91 Å². The maximum atomic E-state index is 12.1. The van der Waals surface area contributed by atoms with Gasteiger partial charge in [-0.2, -0.15) is 0 Å². The minimum absolute atomic E-state index is 0.0850. The zero-order chi connectivity index (χ0) is 17.5. The molecule has 1 saturated heterocycles. The number of rotatable bonds is 6. The van der Waals surface area contributed by atoms with Crippen molar-refractivity contribution in [3.05, 3.63) is 76.8 Å². The van der Waals surface area contributed by atoms with Crippen LogP contribution in [0.2, 0.25) is 5.02 Å². The third kappa shape index (κ3) is 5.73. The summed E-state index contributed by atoms with van der Waals surface area (Å²) in [4.78, 5) is 14.5. The summed E-state index contributed by atoms with van der Waals surface area (Å²) in [5, 5.41) is 3.90. The zero-order valence-corrected chi connectivity index (χ0v) is 15.0. The molecule has 0 saturated carbocycles. The Labute approximate surface area is 154 Å². The number of nitrogens with one attached hydrogen (secondary N) is 1. The number of carbonyl (C=O) groups excluding carboxylic acids is 1. The van der Waals surface area contributed by atoms with Gasteiger partial charge in [-0.25, -0.2) is 0 Å². The van der Waals surface area contributed by atoms with Crippen LogP contribution < -0.4 is 5.32 Å². The monoisotopic (exact) mass is 354 g/mol. The first-order valence-corrected chi connectivity index (χ1v) is 9.04. The van der Waals surface area contributed by atoms with Crippen LogP contribution in [0.4, 0.5) is 0 Å². The molecule has 4 heteroatoms. The lowest BCUT2D eigenvalue weighted by Crippen LogP contribution is -2.36. The maximum absolute atomic E-state index is 12.1. The van der Waals surface area contributed by atoms with E-state index in [1.165, 1.54) is 5.56 Å². The van der Waals surface area contributed by atoms with Crippen molar-refractivity contribution < 1.29 is 4.79 Å². The van der Waals surface area contributed by atoms with E-state index in [1.807, 2.05) is 60.7 Å². The molecule has 0 aliphatic carbocycles. The first-order chi connectivity index (χ1) is 12.2. The fourth-order valence-electron chi connectivity index (χ4n) is 3.14. The standard InChI is InChI=1S/C21H23ClN2O/c22-19-10-4-9-18(14-19)15-24-13-12-20(16-24)23-21(25)11-5-8-17-6-2-1-3-7-17/h1-10,14,20H,11-13,15-16H2,(H,23,25)/b8-5+/t20-/m0/s1. The van der Waals surface area contributed by atoms with Crippen molar-refractivity contribution in [2.24, 2.45) is 0 Å². The molecule has 0 radical (unpaired) electrons. The van der Waals surface area contributed by atoms with Crippen LogP contribution in [0.15, 0.2) is 60.7 Å². The van der Waals surface area contributed by atoms with Gasteiger partial charge in [-0.15, -0.1) is 0 Å². The van der Waals surface area contributed by atoms with Crippen molar-refractivity contribution in [3.8, 4) is 0 Å². The van der Waals surface area contributed by atoms with Crippen LogP contribution in [0.1, 0.15) is 24.0 Å². The lowest BCUT2D eigenvalue weighted by molar-refractivity contribution is -0.120. The summed E-state index contributed by atoms with van der Waals surface area (Å²) in [5.41, 5.74) is 2.33. The number of amides is 1. The Bertz CT molecular complexity index is 730. The van der Waals surface area contributed by atoms with E-state index in [-0.39, 0.29) is 11.9 Å². The van der Waals surface area contributed by atoms with Gasteiger partial charge in [0.15, 0.2) is 0 Å². The Kier molecular flexibility index (Phi) is 6.26. The molecular weight excluding hydrogens is 332 g/mol. The van der Waals surface area contributed by atoms with Gasteiger partial charge in [-0.1, -0.05) is 66.2 Å². The molecule has 1 aliphatic heterocycles. The van der Waals surface area contributed by atoms with Crippen molar-refractivity contribution in [3.63, 3.8) is 0 Å². The van der Waals surface area contributed by atoms with E-state index in [0.29, 0.717) is 6.42 Å². The molecule has 1 aliphatic rings. The fraction of sp³-hybridized carbons (Fsp3) is 0.286. The first kappa shape index (κ1) is 17.7. The molecule has 1 heterocycles. The van der Waals surface area contributed by atoms with E-state index >= 15 is 0 Å². The predicted molar refractivity (Wildman–Crippen MR) is 103 cm³/mol. The molecule has 1 atom stereocenters. The van der Waals surface area contributed by atoms with Crippen molar-refractivity contribution in [1.29, 1.82) is 0 Å². The van der Waals surface area contributed by atoms with Gasteiger partial charge in [-0.3, -0.25) is 9.69 Å². The minimum Gasteiger partial charge on any atom is -0.352 e. The van der Waals surface area contributed by atoms with Crippen LogP contribution in [0.25, 0.3) is 6.08 Å². The van der Waals surface area contributed by atoms with E-state index in [0.717, 1.165) is 36.6 Å². The second-order valence-corrected chi connectivity index (χ2v) is 6.87. The molecule has 130 valence electrons. The molecule has 0 bridgehead atoms. The third-order valence-electron chi connectivity index (χ3n) is 4.35. The van der Waals surface area contributed by atoms with Crippen molar-refractivity contribution >= 4 is 23.6 Å². The Morgan fingerprint density at radius 1 is 1.20 bits per heavy atom. The average molecular weight is 355 g/mol. The molecular formula is C21H23ClN2O. The molecule has 0 unspecified atom stereocenters. The highest BCUT2D eigenvalue weighted by Gasteiger charge is 2.23. The SMILES string of the molecule is O=C(C/C=C/c1ccccc1)N[C@H]1CCN(Cc2cccc(Cl)c2)C1. The molecule has 2 aromatic carbocycles. The summed E-state index contributed by atoms with van der Waals surface area (Å²) in [5.74, 6) is 0.0850. The summed E-state index contributed by atoms with van der Waals surface area (Å²) in [6.07, 6.45) is 5.32. The van der Waals surface area contributed by atoms with Gasteiger partial charge < -0.3 is 5.32 Å². The van der Waals surface area contributed by atoms with Crippen molar-refractivity contribution in [1.82, 2.24) is 10.2 Å². The fourth-order valence-corrected chi connectivity index (χ4v) is 3.35. The van der Waals surface area contributed by atoms with Gasteiger partial charge in [-0.05, 0) is 29.7 Å². The van der Waals surface area contributed by atoms with Crippen molar-refractivity contribution in [2.75, 3.05) is 13.1 Å². The van der Waals surface area contributed by atoms with E-state index in [4.69, 9.17) is 11.6 Å². The predicted octanol–water partition coefficient (Wildman–Crippen LogP) is 4.13.